The summed E-state index contributed by atoms with van der Waals surface area (Å²) < 4.78 is 7.68. The fourth-order valence-corrected chi connectivity index (χ4v) is 3.19. The highest BCUT2D eigenvalue weighted by molar-refractivity contribution is 6.76. The van der Waals surface area contributed by atoms with E-state index in [0.29, 0.717) is 24.6 Å². The maximum atomic E-state index is 11.6. The molecule has 2 aromatic rings. The first-order valence-corrected chi connectivity index (χ1v) is 11.1. The van der Waals surface area contributed by atoms with Crippen LogP contribution in [0.1, 0.15) is 16.1 Å². The number of aromatic nitrogens is 1. The van der Waals surface area contributed by atoms with Gasteiger partial charge in [-0.3, -0.25) is 0 Å². The number of carboxylic acid groups (broad SMARTS) is 1. The summed E-state index contributed by atoms with van der Waals surface area (Å²) in [4.78, 5) is 11.6. The van der Waals surface area contributed by atoms with E-state index in [2.05, 4.69) is 26.2 Å². The van der Waals surface area contributed by atoms with Crippen molar-refractivity contribution in [2.45, 2.75) is 32.4 Å². The van der Waals surface area contributed by atoms with Gasteiger partial charge in [-0.1, -0.05) is 44.4 Å². The van der Waals surface area contributed by atoms with Crippen molar-refractivity contribution in [2.24, 2.45) is 0 Å². The van der Waals surface area contributed by atoms with Crippen molar-refractivity contribution in [3.63, 3.8) is 0 Å². The third-order valence-corrected chi connectivity index (χ3v) is 5.34. The Kier molecular flexibility index (Phi) is 4.88. The second kappa shape index (κ2) is 6.50. The van der Waals surface area contributed by atoms with Gasteiger partial charge in [0, 0.05) is 20.1 Å². The minimum absolute atomic E-state index is 0.291. The molecule has 22 heavy (non-hydrogen) atoms. The quantitative estimate of drug-likeness (QED) is 0.612. The molecule has 0 fully saturated rings. The van der Waals surface area contributed by atoms with Crippen molar-refractivity contribution < 1.29 is 14.6 Å². The Morgan fingerprint density at radius 1 is 1.36 bits per heavy atom. The van der Waals surface area contributed by atoms with Crippen LogP contribution in [0.5, 0.6) is 0 Å². The van der Waals surface area contributed by atoms with Crippen LogP contribution < -0.4 is 0 Å². The van der Waals surface area contributed by atoms with Crippen LogP contribution in [0.15, 0.2) is 30.8 Å². The molecule has 1 N–H and O–H groups in total. The standard InChI is InChI=1S/C17H23NO3Si/c1-5-14-16(17(19)20)13-8-6-7-9-15(13)18(14)12-21-10-11-22(2,3)4/h5-9H,1,10-12H2,2-4H3,(H,19,20). The maximum Gasteiger partial charge on any atom is 0.338 e. The van der Waals surface area contributed by atoms with Crippen LogP contribution in [-0.2, 0) is 11.5 Å². The SMILES string of the molecule is C=Cc1c(C(=O)O)c2ccccc2n1COCC[Si](C)(C)C. The van der Waals surface area contributed by atoms with Crippen molar-refractivity contribution in [1.82, 2.24) is 4.57 Å². The van der Waals surface area contributed by atoms with E-state index >= 15 is 0 Å². The summed E-state index contributed by atoms with van der Waals surface area (Å²) in [5.74, 6) is -0.938. The number of hydrogen-bond acceptors (Lipinski definition) is 2. The summed E-state index contributed by atoms with van der Waals surface area (Å²) in [7, 11) is -1.13. The molecule has 1 aromatic heterocycles. The van der Waals surface area contributed by atoms with Crippen LogP contribution in [0.2, 0.25) is 25.7 Å². The molecule has 5 heteroatoms. The summed E-state index contributed by atoms with van der Waals surface area (Å²) in [6.45, 7) is 11.7. The second-order valence-electron chi connectivity index (χ2n) is 6.56. The molecule has 0 atom stereocenters. The van der Waals surface area contributed by atoms with E-state index in [1.54, 1.807) is 6.08 Å². The number of fused-ring (bicyclic) bond motifs is 1. The zero-order chi connectivity index (χ0) is 16.3. The first kappa shape index (κ1) is 16.5. The third-order valence-electron chi connectivity index (χ3n) is 3.64. The summed E-state index contributed by atoms with van der Waals surface area (Å²) in [6, 6.07) is 8.57. The molecule has 0 aliphatic heterocycles. The molecule has 0 aliphatic carbocycles. The van der Waals surface area contributed by atoms with Gasteiger partial charge in [-0.25, -0.2) is 4.79 Å². The van der Waals surface area contributed by atoms with Crippen LogP contribution in [-0.4, -0.2) is 30.3 Å². The van der Waals surface area contributed by atoms with Crippen LogP contribution in [0.3, 0.4) is 0 Å². The predicted octanol–water partition coefficient (Wildman–Crippen LogP) is 4.29. The molecule has 0 amide bonds. The van der Waals surface area contributed by atoms with Gasteiger partial charge in [0.2, 0.25) is 0 Å². The molecular weight excluding hydrogens is 294 g/mol. The topological polar surface area (TPSA) is 51.5 Å². The van der Waals surface area contributed by atoms with Crippen LogP contribution in [0, 0.1) is 0 Å². The number of ether oxygens (including phenoxy) is 1. The van der Waals surface area contributed by atoms with Crippen molar-refractivity contribution in [3.05, 3.63) is 42.1 Å². The van der Waals surface area contributed by atoms with Gasteiger partial charge in [0.15, 0.2) is 0 Å². The van der Waals surface area contributed by atoms with Crippen LogP contribution in [0.25, 0.3) is 17.0 Å². The minimum Gasteiger partial charge on any atom is -0.478 e. The van der Waals surface area contributed by atoms with Gasteiger partial charge >= 0.3 is 5.97 Å². The highest BCUT2D eigenvalue weighted by atomic mass is 28.3. The number of nitrogens with zero attached hydrogens (tertiary/aromatic N) is 1. The van der Waals surface area contributed by atoms with Gasteiger partial charge in [-0.05, 0) is 18.2 Å². The number of carboxylic acids is 1. The van der Waals surface area contributed by atoms with Crippen molar-refractivity contribution >= 4 is 31.0 Å². The zero-order valence-electron chi connectivity index (χ0n) is 13.4. The minimum atomic E-state index is -1.13. The Bertz CT molecular complexity index is 698. The molecule has 1 heterocycles. The van der Waals surface area contributed by atoms with Gasteiger partial charge in [0.1, 0.15) is 6.73 Å². The molecular formula is C17H23NO3Si. The molecule has 2 rings (SSSR count). The molecule has 1 aromatic carbocycles. The Labute approximate surface area is 132 Å². The van der Waals surface area contributed by atoms with Crippen molar-refractivity contribution in [2.75, 3.05) is 6.61 Å². The Balaban J connectivity index is 2.32. The van der Waals surface area contributed by atoms with Gasteiger partial charge in [-0.2, -0.15) is 0 Å². The van der Waals surface area contributed by atoms with E-state index in [-0.39, 0.29) is 0 Å². The normalized spacial score (nSPS) is 11.8. The number of carbonyl (C=O) groups is 1. The summed E-state index contributed by atoms with van der Waals surface area (Å²) in [5.41, 5.74) is 1.75. The van der Waals surface area contributed by atoms with Crippen molar-refractivity contribution in [3.8, 4) is 0 Å². The zero-order valence-corrected chi connectivity index (χ0v) is 14.4. The van der Waals surface area contributed by atoms with Gasteiger partial charge in [0.05, 0.1) is 16.8 Å². The van der Waals surface area contributed by atoms with E-state index < -0.39 is 14.0 Å². The lowest BCUT2D eigenvalue weighted by atomic mass is 10.1. The maximum absolute atomic E-state index is 11.6. The molecule has 4 nitrogen and oxygen atoms in total. The van der Waals surface area contributed by atoms with Crippen LogP contribution >= 0.6 is 0 Å². The number of benzene rings is 1. The number of aromatic carboxylic acids is 1. The first-order valence-electron chi connectivity index (χ1n) is 7.40. The molecule has 0 bridgehead atoms. The van der Waals surface area contributed by atoms with E-state index in [4.69, 9.17) is 4.74 Å². The van der Waals surface area contributed by atoms with E-state index in [0.717, 1.165) is 16.9 Å². The Hall–Kier alpha value is -1.85. The monoisotopic (exact) mass is 317 g/mol. The Morgan fingerprint density at radius 3 is 2.64 bits per heavy atom. The average molecular weight is 317 g/mol. The van der Waals surface area contributed by atoms with Crippen LogP contribution in [0.4, 0.5) is 0 Å². The van der Waals surface area contributed by atoms with Crippen molar-refractivity contribution in [1.29, 1.82) is 0 Å². The predicted molar refractivity (Wildman–Crippen MR) is 93.1 cm³/mol. The van der Waals surface area contributed by atoms with Gasteiger partial charge in [0.25, 0.3) is 0 Å². The lowest BCUT2D eigenvalue weighted by Crippen LogP contribution is -2.22. The smallest absolute Gasteiger partial charge is 0.338 e. The van der Waals surface area contributed by atoms with E-state index in [9.17, 15) is 9.90 Å². The molecule has 0 radical (unpaired) electrons. The second-order valence-corrected chi connectivity index (χ2v) is 12.2. The lowest BCUT2D eigenvalue weighted by molar-refractivity contribution is 0.0695. The number of rotatable bonds is 7. The molecule has 118 valence electrons. The van der Waals surface area contributed by atoms with Gasteiger partial charge in [-0.15, -0.1) is 0 Å². The number of para-hydroxylation sites is 1. The molecule has 0 unspecified atom stereocenters. The largest absolute Gasteiger partial charge is 0.478 e. The fourth-order valence-electron chi connectivity index (χ4n) is 2.43. The van der Waals surface area contributed by atoms with Gasteiger partial charge < -0.3 is 14.4 Å². The molecule has 0 aliphatic rings. The summed E-state index contributed by atoms with van der Waals surface area (Å²) in [5, 5.41) is 10.2. The lowest BCUT2D eigenvalue weighted by Gasteiger charge is -2.16. The molecule has 0 saturated carbocycles. The Morgan fingerprint density at radius 2 is 2.05 bits per heavy atom. The average Bonchev–Trinajstić information content (AvgIpc) is 2.76. The molecule has 0 saturated heterocycles. The first-order chi connectivity index (χ1) is 10.3. The summed E-state index contributed by atoms with van der Waals surface area (Å²) >= 11 is 0. The molecule has 0 spiro atoms. The fraction of sp³-hybridized carbons (Fsp3) is 0.353. The highest BCUT2D eigenvalue weighted by Gasteiger charge is 2.20. The van der Waals surface area contributed by atoms with E-state index in [1.165, 1.54) is 0 Å². The van der Waals surface area contributed by atoms with E-state index in [1.807, 2.05) is 28.8 Å². The number of hydrogen-bond donors (Lipinski definition) is 1. The third kappa shape index (κ3) is 3.48. The highest BCUT2D eigenvalue weighted by Crippen LogP contribution is 2.27. The summed E-state index contributed by atoms with van der Waals surface area (Å²) in [6.07, 6.45) is 1.59.